The molecule has 0 aromatic heterocycles. The van der Waals surface area contributed by atoms with E-state index < -0.39 is 36.3 Å². The average molecular weight is 298 g/mol. The standard InChI is InChI=1S/C9H12F6O4/c1-5(16)18-4-7(10,11)19-6(2,3)8(12,13)9(14,15)17/h17H,4H2,1-3H3. The van der Waals surface area contributed by atoms with Crippen LogP contribution in [0.3, 0.4) is 0 Å². The molecule has 0 saturated carbocycles. The van der Waals surface area contributed by atoms with Crippen LogP contribution >= 0.6 is 0 Å². The van der Waals surface area contributed by atoms with Gasteiger partial charge in [0.25, 0.3) is 0 Å². The molecule has 19 heavy (non-hydrogen) atoms. The summed E-state index contributed by atoms with van der Waals surface area (Å²) < 4.78 is 84.2. The predicted molar refractivity (Wildman–Crippen MR) is 48.9 cm³/mol. The summed E-state index contributed by atoms with van der Waals surface area (Å²) in [5.74, 6) is -6.43. The van der Waals surface area contributed by atoms with Crippen LogP contribution in [0.2, 0.25) is 0 Å². The van der Waals surface area contributed by atoms with Gasteiger partial charge in [0.15, 0.2) is 6.61 Å². The number of ether oxygens (including phenoxy) is 2. The van der Waals surface area contributed by atoms with Crippen molar-refractivity contribution in [1.29, 1.82) is 0 Å². The number of carbonyl (C=O) groups excluding carboxylic acids is 1. The zero-order chi connectivity index (χ0) is 15.7. The first-order valence-corrected chi connectivity index (χ1v) is 4.82. The fourth-order valence-corrected chi connectivity index (χ4v) is 1.01. The van der Waals surface area contributed by atoms with Crippen LogP contribution in [0.4, 0.5) is 26.3 Å². The van der Waals surface area contributed by atoms with Crippen molar-refractivity contribution in [1.82, 2.24) is 0 Å². The second-order valence-electron chi connectivity index (χ2n) is 4.15. The van der Waals surface area contributed by atoms with Gasteiger partial charge in [-0.15, -0.1) is 0 Å². The van der Waals surface area contributed by atoms with Crippen molar-refractivity contribution in [3.05, 3.63) is 0 Å². The molecule has 1 N–H and O–H groups in total. The molecule has 0 heterocycles. The summed E-state index contributed by atoms with van der Waals surface area (Å²) in [6.45, 7) is -0.478. The quantitative estimate of drug-likeness (QED) is 0.603. The molecule has 0 aromatic carbocycles. The minimum Gasteiger partial charge on any atom is -0.457 e. The highest BCUT2D eigenvalue weighted by Crippen LogP contribution is 2.44. The van der Waals surface area contributed by atoms with Crippen molar-refractivity contribution in [3.8, 4) is 0 Å². The van der Waals surface area contributed by atoms with Crippen LogP contribution in [0.25, 0.3) is 0 Å². The van der Waals surface area contributed by atoms with Crippen LogP contribution < -0.4 is 0 Å². The third-order valence-corrected chi connectivity index (χ3v) is 1.98. The van der Waals surface area contributed by atoms with Gasteiger partial charge >= 0.3 is 24.1 Å². The summed E-state index contributed by atoms with van der Waals surface area (Å²) in [4.78, 5) is 10.3. The zero-order valence-electron chi connectivity index (χ0n) is 10.1. The van der Waals surface area contributed by atoms with Crippen molar-refractivity contribution in [2.24, 2.45) is 0 Å². The first-order valence-electron chi connectivity index (χ1n) is 4.82. The van der Waals surface area contributed by atoms with E-state index in [0.717, 1.165) is 6.92 Å². The molecular weight excluding hydrogens is 286 g/mol. The number of rotatable bonds is 6. The molecule has 0 aliphatic carbocycles. The van der Waals surface area contributed by atoms with E-state index in [4.69, 9.17) is 5.11 Å². The second kappa shape index (κ2) is 5.16. The van der Waals surface area contributed by atoms with E-state index in [1.54, 1.807) is 0 Å². The molecule has 0 aromatic rings. The van der Waals surface area contributed by atoms with Gasteiger partial charge in [-0.25, -0.2) is 0 Å². The first-order chi connectivity index (χ1) is 8.12. The maximum absolute atomic E-state index is 13.1. The minimum atomic E-state index is -5.56. The normalized spacial score (nSPS) is 14.4. The van der Waals surface area contributed by atoms with Crippen molar-refractivity contribution in [2.75, 3.05) is 6.61 Å². The molecular formula is C9H12F6O4. The van der Waals surface area contributed by atoms with Crippen molar-refractivity contribution in [2.45, 2.75) is 44.5 Å². The lowest BCUT2D eigenvalue weighted by atomic mass is 9.99. The van der Waals surface area contributed by atoms with Crippen LogP contribution in [-0.2, 0) is 14.3 Å². The van der Waals surface area contributed by atoms with Crippen molar-refractivity contribution < 1.29 is 45.7 Å². The molecule has 0 fully saturated rings. The van der Waals surface area contributed by atoms with Gasteiger partial charge in [0.05, 0.1) is 0 Å². The third kappa shape index (κ3) is 4.53. The lowest BCUT2D eigenvalue weighted by Crippen LogP contribution is -2.59. The van der Waals surface area contributed by atoms with Crippen molar-refractivity contribution >= 4 is 5.97 Å². The number of hydrogen-bond acceptors (Lipinski definition) is 4. The first kappa shape index (κ1) is 18.0. The number of esters is 1. The fourth-order valence-electron chi connectivity index (χ4n) is 1.01. The molecule has 0 saturated heterocycles. The summed E-state index contributed by atoms with van der Waals surface area (Å²) in [5, 5.41) is 8.00. The van der Waals surface area contributed by atoms with Crippen LogP contribution in [0.1, 0.15) is 20.8 Å². The van der Waals surface area contributed by atoms with Crippen LogP contribution in [0, 0.1) is 0 Å². The Morgan fingerprint density at radius 2 is 1.53 bits per heavy atom. The summed E-state index contributed by atoms with van der Waals surface area (Å²) in [6.07, 6.45) is -9.99. The average Bonchev–Trinajstić information content (AvgIpc) is 2.11. The molecule has 0 radical (unpaired) electrons. The fraction of sp³-hybridized carbons (Fsp3) is 0.889. The van der Waals surface area contributed by atoms with Crippen LogP contribution in [0.5, 0.6) is 0 Å². The van der Waals surface area contributed by atoms with E-state index >= 15 is 0 Å². The third-order valence-electron chi connectivity index (χ3n) is 1.98. The zero-order valence-corrected chi connectivity index (χ0v) is 10.1. The van der Waals surface area contributed by atoms with E-state index in [1.807, 2.05) is 0 Å². The number of aliphatic hydroxyl groups is 1. The maximum Gasteiger partial charge on any atom is 0.419 e. The van der Waals surface area contributed by atoms with E-state index in [9.17, 15) is 31.1 Å². The van der Waals surface area contributed by atoms with E-state index in [0.29, 0.717) is 0 Å². The Kier molecular flexibility index (Phi) is 4.88. The highest BCUT2D eigenvalue weighted by Gasteiger charge is 2.67. The molecule has 0 aliphatic rings. The number of carbonyl (C=O) groups is 1. The Morgan fingerprint density at radius 1 is 1.11 bits per heavy atom. The van der Waals surface area contributed by atoms with Gasteiger partial charge in [-0.1, -0.05) is 0 Å². The molecule has 0 atom stereocenters. The van der Waals surface area contributed by atoms with Gasteiger partial charge in [-0.2, -0.15) is 26.3 Å². The molecule has 10 heteroatoms. The number of alkyl halides is 6. The molecule has 0 aliphatic heterocycles. The molecule has 0 bridgehead atoms. The Balaban J connectivity index is 4.99. The Morgan fingerprint density at radius 3 is 1.84 bits per heavy atom. The van der Waals surface area contributed by atoms with Gasteiger partial charge < -0.3 is 14.6 Å². The van der Waals surface area contributed by atoms with Gasteiger partial charge in [0.2, 0.25) is 0 Å². The maximum atomic E-state index is 13.1. The smallest absolute Gasteiger partial charge is 0.419 e. The molecule has 0 amide bonds. The highest BCUT2D eigenvalue weighted by atomic mass is 19.3. The largest absolute Gasteiger partial charge is 0.457 e. The Labute approximate surface area is 104 Å². The summed E-state index contributed by atoms with van der Waals surface area (Å²) in [7, 11) is 0. The van der Waals surface area contributed by atoms with E-state index in [-0.39, 0.29) is 13.8 Å². The predicted octanol–water partition coefficient (Wildman–Crippen LogP) is 2.16. The lowest BCUT2D eigenvalue weighted by molar-refractivity contribution is -0.410. The summed E-state index contributed by atoms with van der Waals surface area (Å²) in [5.41, 5.74) is -3.42. The van der Waals surface area contributed by atoms with Crippen LogP contribution in [0.15, 0.2) is 0 Å². The van der Waals surface area contributed by atoms with E-state index in [2.05, 4.69) is 9.47 Å². The lowest BCUT2D eigenvalue weighted by Gasteiger charge is -2.37. The summed E-state index contributed by atoms with van der Waals surface area (Å²) in [6, 6.07) is 0. The minimum absolute atomic E-state index is 0.235. The highest BCUT2D eigenvalue weighted by molar-refractivity contribution is 5.65. The molecule has 0 rings (SSSR count). The molecule has 4 nitrogen and oxygen atoms in total. The Bertz CT molecular complexity index is 336. The van der Waals surface area contributed by atoms with Gasteiger partial charge in [0, 0.05) is 6.92 Å². The van der Waals surface area contributed by atoms with Gasteiger partial charge in [0.1, 0.15) is 5.60 Å². The van der Waals surface area contributed by atoms with E-state index in [1.165, 1.54) is 0 Å². The molecule has 114 valence electrons. The number of hydrogen-bond donors (Lipinski definition) is 1. The van der Waals surface area contributed by atoms with Crippen molar-refractivity contribution in [3.63, 3.8) is 0 Å². The van der Waals surface area contributed by atoms with Gasteiger partial charge in [-0.05, 0) is 13.8 Å². The van der Waals surface area contributed by atoms with Gasteiger partial charge in [-0.3, -0.25) is 4.79 Å². The molecule has 0 unspecified atom stereocenters. The summed E-state index contributed by atoms with van der Waals surface area (Å²) >= 11 is 0. The Hall–Kier alpha value is -1.03. The number of halogens is 6. The van der Waals surface area contributed by atoms with Crippen LogP contribution in [-0.4, -0.2) is 41.4 Å². The molecule has 0 spiro atoms. The topological polar surface area (TPSA) is 55.8 Å². The SMILES string of the molecule is CC(=O)OCC(F)(F)OC(C)(C)C(F)(F)C(O)(F)F. The second-order valence-corrected chi connectivity index (χ2v) is 4.15. The monoisotopic (exact) mass is 298 g/mol.